The third kappa shape index (κ3) is 2.59. The SMILES string of the molecule is O=C(NCc1ccn[nH]1)[C@H]1COc2ccccc2C1. The fraction of sp³-hybridized carbons (Fsp3) is 0.286. The lowest BCUT2D eigenvalue weighted by Crippen LogP contribution is -2.37. The highest BCUT2D eigenvalue weighted by molar-refractivity contribution is 5.79. The van der Waals surface area contributed by atoms with Crippen LogP contribution in [0.2, 0.25) is 0 Å². The maximum atomic E-state index is 12.1. The van der Waals surface area contributed by atoms with Crippen LogP contribution in [0.15, 0.2) is 36.5 Å². The third-order valence-corrected chi connectivity index (χ3v) is 3.26. The first-order valence-electron chi connectivity index (χ1n) is 6.29. The van der Waals surface area contributed by atoms with E-state index in [1.165, 1.54) is 0 Å². The maximum absolute atomic E-state index is 12.1. The van der Waals surface area contributed by atoms with Crippen molar-refractivity contribution < 1.29 is 9.53 Å². The topological polar surface area (TPSA) is 67.0 Å². The fourth-order valence-electron chi connectivity index (χ4n) is 2.21. The minimum Gasteiger partial charge on any atom is -0.492 e. The predicted octanol–water partition coefficient (Wildman–Crippen LogP) is 1.28. The van der Waals surface area contributed by atoms with Gasteiger partial charge in [-0.3, -0.25) is 9.89 Å². The number of benzene rings is 1. The fourth-order valence-corrected chi connectivity index (χ4v) is 2.21. The molecule has 1 atom stereocenters. The van der Waals surface area contributed by atoms with Crippen LogP contribution in [0.5, 0.6) is 5.75 Å². The zero-order valence-electron chi connectivity index (χ0n) is 10.4. The largest absolute Gasteiger partial charge is 0.492 e. The van der Waals surface area contributed by atoms with Crippen molar-refractivity contribution in [1.29, 1.82) is 0 Å². The second kappa shape index (κ2) is 5.14. The van der Waals surface area contributed by atoms with E-state index in [2.05, 4.69) is 15.5 Å². The van der Waals surface area contributed by atoms with Crippen LogP contribution in [0.4, 0.5) is 0 Å². The summed E-state index contributed by atoms with van der Waals surface area (Å²) in [4.78, 5) is 12.1. The number of carbonyl (C=O) groups is 1. The van der Waals surface area contributed by atoms with Crippen molar-refractivity contribution in [1.82, 2.24) is 15.5 Å². The van der Waals surface area contributed by atoms with Gasteiger partial charge in [0.2, 0.25) is 5.91 Å². The number of amides is 1. The van der Waals surface area contributed by atoms with Crippen LogP contribution in [0.1, 0.15) is 11.3 Å². The molecule has 5 heteroatoms. The summed E-state index contributed by atoms with van der Waals surface area (Å²) in [5.41, 5.74) is 1.99. The standard InChI is InChI=1S/C14H15N3O2/c18-14(15-8-12-5-6-16-17-12)11-7-10-3-1-2-4-13(10)19-9-11/h1-6,11H,7-9H2,(H,15,18)(H,16,17)/t11-/m1/s1. The van der Waals surface area contributed by atoms with E-state index in [0.717, 1.165) is 23.4 Å². The Morgan fingerprint density at radius 2 is 2.32 bits per heavy atom. The molecule has 1 aliphatic heterocycles. The lowest BCUT2D eigenvalue weighted by Gasteiger charge is -2.24. The number of ether oxygens (including phenoxy) is 1. The van der Waals surface area contributed by atoms with Crippen LogP contribution in [0.3, 0.4) is 0 Å². The Kier molecular flexibility index (Phi) is 3.18. The lowest BCUT2D eigenvalue weighted by molar-refractivity contribution is -0.126. The maximum Gasteiger partial charge on any atom is 0.227 e. The number of hydrogen-bond donors (Lipinski definition) is 2. The second-order valence-electron chi connectivity index (χ2n) is 4.62. The molecule has 3 rings (SSSR count). The Hall–Kier alpha value is -2.30. The van der Waals surface area contributed by atoms with Gasteiger partial charge in [0.1, 0.15) is 12.4 Å². The Morgan fingerprint density at radius 1 is 1.42 bits per heavy atom. The van der Waals surface area contributed by atoms with Gasteiger partial charge in [0.05, 0.1) is 18.2 Å². The molecule has 19 heavy (non-hydrogen) atoms. The van der Waals surface area contributed by atoms with Crippen molar-refractivity contribution in [3.8, 4) is 5.75 Å². The van der Waals surface area contributed by atoms with Gasteiger partial charge in [-0.2, -0.15) is 5.10 Å². The summed E-state index contributed by atoms with van der Waals surface area (Å²) in [6.45, 7) is 0.906. The van der Waals surface area contributed by atoms with E-state index >= 15 is 0 Å². The van der Waals surface area contributed by atoms with Gasteiger partial charge < -0.3 is 10.1 Å². The van der Waals surface area contributed by atoms with Crippen molar-refractivity contribution in [2.75, 3.05) is 6.61 Å². The highest BCUT2D eigenvalue weighted by Crippen LogP contribution is 2.26. The molecule has 0 spiro atoms. The van der Waals surface area contributed by atoms with E-state index < -0.39 is 0 Å². The molecule has 2 heterocycles. The Balaban J connectivity index is 1.60. The summed E-state index contributed by atoms with van der Waals surface area (Å²) in [5.74, 6) is 0.780. The van der Waals surface area contributed by atoms with Gasteiger partial charge in [-0.05, 0) is 24.1 Å². The number of nitrogens with zero attached hydrogens (tertiary/aromatic N) is 1. The van der Waals surface area contributed by atoms with Gasteiger partial charge in [-0.1, -0.05) is 18.2 Å². The summed E-state index contributed by atoms with van der Waals surface area (Å²) in [6.07, 6.45) is 2.40. The molecule has 0 radical (unpaired) electrons. The lowest BCUT2D eigenvalue weighted by atomic mass is 9.96. The molecule has 1 aromatic heterocycles. The van der Waals surface area contributed by atoms with Crippen molar-refractivity contribution in [3.63, 3.8) is 0 Å². The van der Waals surface area contributed by atoms with Crippen molar-refractivity contribution in [3.05, 3.63) is 47.8 Å². The van der Waals surface area contributed by atoms with E-state index in [4.69, 9.17) is 4.74 Å². The zero-order valence-corrected chi connectivity index (χ0v) is 10.4. The molecular weight excluding hydrogens is 242 g/mol. The molecular formula is C14H15N3O2. The monoisotopic (exact) mass is 257 g/mol. The van der Waals surface area contributed by atoms with Crippen LogP contribution in [0.25, 0.3) is 0 Å². The van der Waals surface area contributed by atoms with Crippen LogP contribution in [0, 0.1) is 5.92 Å². The highest BCUT2D eigenvalue weighted by atomic mass is 16.5. The number of rotatable bonds is 3. The van der Waals surface area contributed by atoms with Gasteiger partial charge >= 0.3 is 0 Å². The van der Waals surface area contributed by atoms with E-state index in [1.807, 2.05) is 30.3 Å². The quantitative estimate of drug-likeness (QED) is 0.870. The van der Waals surface area contributed by atoms with Gasteiger partial charge in [-0.25, -0.2) is 0 Å². The molecule has 0 bridgehead atoms. The average molecular weight is 257 g/mol. The molecule has 2 N–H and O–H groups in total. The van der Waals surface area contributed by atoms with E-state index in [9.17, 15) is 4.79 Å². The summed E-state index contributed by atoms with van der Waals surface area (Å²) in [7, 11) is 0. The Labute approximate surface area is 111 Å². The van der Waals surface area contributed by atoms with E-state index in [1.54, 1.807) is 6.20 Å². The van der Waals surface area contributed by atoms with Gasteiger partial charge in [0, 0.05) is 6.20 Å². The first kappa shape index (κ1) is 11.8. The third-order valence-electron chi connectivity index (χ3n) is 3.26. The van der Waals surface area contributed by atoms with E-state index in [0.29, 0.717) is 13.2 Å². The summed E-state index contributed by atoms with van der Waals surface area (Å²) in [6, 6.07) is 9.69. The molecule has 1 aliphatic rings. The van der Waals surface area contributed by atoms with Crippen molar-refractivity contribution in [2.45, 2.75) is 13.0 Å². The molecule has 0 saturated heterocycles. The van der Waals surface area contributed by atoms with Gasteiger partial charge in [0.15, 0.2) is 0 Å². The average Bonchev–Trinajstić information content (AvgIpc) is 2.97. The van der Waals surface area contributed by atoms with Crippen molar-refractivity contribution in [2.24, 2.45) is 5.92 Å². The number of hydrogen-bond acceptors (Lipinski definition) is 3. The first-order valence-corrected chi connectivity index (χ1v) is 6.29. The second-order valence-corrected chi connectivity index (χ2v) is 4.62. The minimum atomic E-state index is -0.127. The molecule has 1 amide bonds. The van der Waals surface area contributed by atoms with E-state index in [-0.39, 0.29) is 11.8 Å². The molecule has 5 nitrogen and oxygen atoms in total. The summed E-state index contributed by atoms with van der Waals surface area (Å²) >= 11 is 0. The van der Waals surface area contributed by atoms with Crippen LogP contribution in [-0.2, 0) is 17.8 Å². The van der Waals surface area contributed by atoms with Crippen LogP contribution in [-0.4, -0.2) is 22.7 Å². The van der Waals surface area contributed by atoms with Crippen LogP contribution < -0.4 is 10.1 Å². The predicted molar refractivity (Wildman–Crippen MR) is 69.6 cm³/mol. The number of para-hydroxylation sites is 1. The van der Waals surface area contributed by atoms with Gasteiger partial charge in [0.25, 0.3) is 0 Å². The van der Waals surface area contributed by atoms with Crippen molar-refractivity contribution >= 4 is 5.91 Å². The first-order chi connectivity index (χ1) is 9.33. The summed E-state index contributed by atoms with van der Waals surface area (Å²) < 4.78 is 5.61. The summed E-state index contributed by atoms with van der Waals surface area (Å²) in [5, 5.41) is 9.55. The molecule has 0 unspecified atom stereocenters. The van der Waals surface area contributed by atoms with Crippen LogP contribution >= 0.6 is 0 Å². The molecule has 0 fully saturated rings. The Morgan fingerprint density at radius 3 is 3.16 bits per heavy atom. The molecule has 2 aromatic rings. The molecule has 0 saturated carbocycles. The highest BCUT2D eigenvalue weighted by Gasteiger charge is 2.25. The number of H-pyrrole nitrogens is 1. The molecule has 1 aromatic carbocycles. The minimum absolute atomic E-state index is 0.0177. The smallest absolute Gasteiger partial charge is 0.227 e. The number of nitrogens with one attached hydrogen (secondary N) is 2. The van der Waals surface area contributed by atoms with Gasteiger partial charge in [-0.15, -0.1) is 0 Å². The Bertz CT molecular complexity index is 566. The molecule has 0 aliphatic carbocycles. The normalized spacial score (nSPS) is 17.4. The number of fused-ring (bicyclic) bond motifs is 1. The molecule has 98 valence electrons. The number of aromatic amines is 1. The zero-order chi connectivity index (χ0) is 13.1. The number of aromatic nitrogens is 2. The number of carbonyl (C=O) groups excluding carboxylic acids is 1.